The van der Waals surface area contributed by atoms with Gasteiger partial charge < -0.3 is 5.32 Å². The third kappa shape index (κ3) is 3.37. The number of likely N-dealkylation sites (N-methyl/N-ethyl adjacent to an activating group) is 1. The first-order chi connectivity index (χ1) is 8.00. The molecule has 0 aliphatic heterocycles. The first kappa shape index (κ1) is 13.2. The Labute approximate surface area is 118 Å². The Bertz CT molecular complexity index is 502. The fourth-order valence-corrected chi connectivity index (χ4v) is 3.90. The summed E-state index contributed by atoms with van der Waals surface area (Å²) in [6, 6.07) is 2.12. The highest BCUT2D eigenvalue weighted by molar-refractivity contribution is 9.10. The molecule has 2 heterocycles. The molecule has 0 aromatic carbocycles. The van der Waals surface area contributed by atoms with Crippen molar-refractivity contribution < 1.29 is 0 Å². The fourth-order valence-electron chi connectivity index (χ4n) is 1.42. The van der Waals surface area contributed by atoms with Crippen LogP contribution in [0.3, 0.4) is 0 Å². The van der Waals surface area contributed by atoms with Crippen molar-refractivity contribution in [3.05, 3.63) is 26.3 Å². The summed E-state index contributed by atoms with van der Waals surface area (Å²) in [5, 5.41) is 8.72. The highest BCUT2D eigenvalue weighted by Gasteiger charge is 2.18. The highest BCUT2D eigenvalue weighted by atomic mass is 79.9. The number of thiazole rings is 1. The monoisotopic (exact) mass is 330 g/mol. The van der Waals surface area contributed by atoms with Crippen LogP contribution in [0.4, 0.5) is 0 Å². The van der Waals surface area contributed by atoms with Crippen LogP contribution in [-0.4, -0.2) is 17.6 Å². The van der Waals surface area contributed by atoms with Crippen LogP contribution >= 0.6 is 38.6 Å². The number of hydrogen-bond acceptors (Lipinski definition) is 4. The third-order valence-corrected chi connectivity index (χ3v) is 5.20. The van der Waals surface area contributed by atoms with E-state index < -0.39 is 0 Å². The van der Waals surface area contributed by atoms with Gasteiger partial charge in [0.25, 0.3) is 0 Å². The van der Waals surface area contributed by atoms with Crippen LogP contribution in [0.1, 0.15) is 18.9 Å². The second kappa shape index (κ2) is 5.18. The number of aromatic nitrogens is 1. The summed E-state index contributed by atoms with van der Waals surface area (Å²) in [6.45, 7) is 4.38. The molecule has 0 unspecified atom stereocenters. The Morgan fingerprint density at radius 1 is 1.35 bits per heavy atom. The van der Waals surface area contributed by atoms with Gasteiger partial charge in [0.2, 0.25) is 0 Å². The van der Waals surface area contributed by atoms with E-state index in [1.54, 1.807) is 22.7 Å². The number of halogens is 1. The maximum Gasteiger partial charge on any atom is 0.0951 e. The van der Waals surface area contributed by atoms with Gasteiger partial charge in [-0.1, -0.05) is 0 Å². The van der Waals surface area contributed by atoms with Crippen LogP contribution in [0.2, 0.25) is 0 Å². The number of nitrogens with zero attached hydrogens (tertiary/aromatic N) is 1. The second-order valence-corrected chi connectivity index (χ2v) is 7.34. The average molecular weight is 331 g/mol. The smallest absolute Gasteiger partial charge is 0.0951 e. The quantitative estimate of drug-likeness (QED) is 0.909. The van der Waals surface area contributed by atoms with Crippen LogP contribution in [0.5, 0.6) is 0 Å². The van der Waals surface area contributed by atoms with Gasteiger partial charge in [-0.2, -0.15) is 0 Å². The molecule has 0 atom stereocenters. The molecule has 2 nitrogen and oxygen atoms in total. The number of rotatable bonds is 4. The molecule has 0 fully saturated rings. The zero-order valence-electron chi connectivity index (χ0n) is 10.1. The molecule has 0 bridgehead atoms. The van der Waals surface area contributed by atoms with Crippen LogP contribution in [0, 0.1) is 0 Å². The van der Waals surface area contributed by atoms with Gasteiger partial charge in [-0.05, 0) is 42.9 Å². The normalized spacial score (nSPS) is 12.0. The van der Waals surface area contributed by atoms with E-state index in [1.165, 1.54) is 9.88 Å². The van der Waals surface area contributed by atoms with E-state index in [1.807, 2.05) is 7.05 Å². The molecule has 5 heteroatoms. The number of hydrogen-bond donors (Lipinski definition) is 1. The van der Waals surface area contributed by atoms with Crippen LogP contribution < -0.4 is 5.32 Å². The maximum absolute atomic E-state index is 4.70. The van der Waals surface area contributed by atoms with E-state index in [9.17, 15) is 0 Å². The van der Waals surface area contributed by atoms with E-state index in [2.05, 4.69) is 51.9 Å². The highest BCUT2D eigenvalue weighted by Crippen LogP contribution is 2.31. The van der Waals surface area contributed by atoms with Crippen molar-refractivity contribution in [2.45, 2.75) is 25.8 Å². The van der Waals surface area contributed by atoms with Gasteiger partial charge in [0.15, 0.2) is 0 Å². The van der Waals surface area contributed by atoms with Gasteiger partial charge in [-0.25, -0.2) is 4.98 Å². The standard InChI is InChI=1S/C12H15BrN2S2/c1-12(2,14-3)5-11-15-9(7-17-11)10-4-8(13)6-16-10/h4,6-7,14H,5H2,1-3H3. The Hall–Kier alpha value is -0.230. The van der Waals surface area contributed by atoms with Crippen molar-refractivity contribution in [1.82, 2.24) is 10.3 Å². The fraction of sp³-hybridized carbons (Fsp3) is 0.417. The summed E-state index contributed by atoms with van der Waals surface area (Å²) in [7, 11) is 1.99. The minimum Gasteiger partial charge on any atom is -0.314 e. The van der Waals surface area contributed by atoms with Gasteiger partial charge in [0.05, 0.1) is 15.6 Å². The minimum atomic E-state index is 0.102. The molecule has 0 aliphatic carbocycles. The molecular formula is C12H15BrN2S2. The third-order valence-electron chi connectivity index (χ3n) is 2.64. The summed E-state index contributed by atoms with van der Waals surface area (Å²) in [5.74, 6) is 0. The van der Waals surface area contributed by atoms with Crippen molar-refractivity contribution in [3.8, 4) is 10.6 Å². The molecule has 2 rings (SSSR count). The molecule has 17 heavy (non-hydrogen) atoms. The van der Waals surface area contributed by atoms with Gasteiger partial charge in [0.1, 0.15) is 0 Å². The van der Waals surface area contributed by atoms with Crippen molar-refractivity contribution in [1.29, 1.82) is 0 Å². The lowest BCUT2D eigenvalue weighted by Crippen LogP contribution is -2.38. The van der Waals surface area contributed by atoms with Gasteiger partial charge in [-0.3, -0.25) is 0 Å². The molecule has 2 aromatic rings. The van der Waals surface area contributed by atoms with Crippen molar-refractivity contribution in [2.75, 3.05) is 7.05 Å². The summed E-state index contributed by atoms with van der Waals surface area (Å²) in [5.41, 5.74) is 1.19. The lowest BCUT2D eigenvalue weighted by atomic mass is 10.0. The molecule has 92 valence electrons. The lowest BCUT2D eigenvalue weighted by Gasteiger charge is -2.22. The van der Waals surface area contributed by atoms with E-state index in [0.717, 1.165) is 16.6 Å². The molecule has 0 spiro atoms. The summed E-state index contributed by atoms with van der Waals surface area (Å²) < 4.78 is 1.13. The lowest BCUT2D eigenvalue weighted by molar-refractivity contribution is 0.421. The molecule has 0 amide bonds. The first-order valence-electron chi connectivity index (χ1n) is 5.38. The van der Waals surface area contributed by atoms with E-state index >= 15 is 0 Å². The Morgan fingerprint density at radius 2 is 2.12 bits per heavy atom. The van der Waals surface area contributed by atoms with Gasteiger partial charge >= 0.3 is 0 Å². The zero-order chi connectivity index (χ0) is 12.5. The molecular weight excluding hydrogens is 316 g/mol. The van der Waals surface area contributed by atoms with Crippen LogP contribution in [0.15, 0.2) is 21.3 Å². The molecule has 2 aromatic heterocycles. The molecule has 0 aliphatic rings. The van der Waals surface area contributed by atoms with Crippen LogP contribution in [0.25, 0.3) is 10.6 Å². The minimum absolute atomic E-state index is 0.102. The predicted molar refractivity (Wildman–Crippen MR) is 80.0 cm³/mol. The van der Waals surface area contributed by atoms with Crippen LogP contribution in [-0.2, 0) is 6.42 Å². The predicted octanol–water partition coefficient (Wildman–Crippen LogP) is 4.17. The molecule has 1 N–H and O–H groups in total. The molecule has 0 radical (unpaired) electrons. The van der Waals surface area contributed by atoms with E-state index in [0.29, 0.717) is 0 Å². The maximum atomic E-state index is 4.70. The van der Waals surface area contributed by atoms with Crippen molar-refractivity contribution >= 4 is 38.6 Å². The topological polar surface area (TPSA) is 24.9 Å². The average Bonchev–Trinajstić information content (AvgIpc) is 2.86. The largest absolute Gasteiger partial charge is 0.314 e. The van der Waals surface area contributed by atoms with Gasteiger partial charge in [-0.15, -0.1) is 22.7 Å². The van der Waals surface area contributed by atoms with Crippen molar-refractivity contribution in [3.63, 3.8) is 0 Å². The summed E-state index contributed by atoms with van der Waals surface area (Å²) in [4.78, 5) is 5.92. The Kier molecular flexibility index (Phi) is 4.02. The summed E-state index contributed by atoms with van der Waals surface area (Å²) in [6.07, 6.45) is 0.959. The van der Waals surface area contributed by atoms with Crippen molar-refractivity contribution in [2.24, 2.45) is 0 Å². The first-order valence-corrected chi connectivity index (χ1v) is 7.93. The van der Waals surface area contributed by atoms with E-state index in [-0.39, 0.29) is 5.54 Å². The second-order valence-electron chi connectivity index (χ2n) is 4.57. The molecule has 0 saturated heterocycles. The summed E-state index contributed by atoms with van der Waals surface area (Å²) >= 11 is 6.93. The Morgan fingerprint density at radius 3 is 2.71 bits per heavy atom. The molecule has 0 saturated carbocycles. The number of nitrogens with one attached hydrogen (secondary N) is 1. The zero-order valence-corrected chi connectivity index (χ0v) is 13.3. The van der Waals surface area contributed by atoms with E-state index in [4.69, 9.17) is 4.98 Å². The van der Waals surface area contributed by atoms with Gasteiger partial charge in [0, 0.05) is 27.2 Å². The Balaban J connectivity index is 2.16. The SMILES string of the molecule is CNC(C)(C)Cc1nc(-c2cc(Br)cs2)cs1. The number of thiophene rings is 1.